The highest BCUT2D eigenvalue weighted by molar-refractivity contribution is 9.11. The Morgan fingerprint density at radius 1 is 1.24 bits per heavy atom. The van der Waals surface area contributed by atoms with Crippen LogP contribution in [0.5, 0.6) is 11.5 Å². The average Bonchev–Trinajstić information content (AvgIpc) is 2.76. The Morgan fingerprint density at radius 2 is 1.95 bits per heavy atom. The fourth-order valence-corrected chi connectivity index (χ4v) is 3.24. The van der Waals surface area contributed by atoms with Gasteiger partial charge in [0.1, 0.15) is 0 Å². The lowest BCUT2D eigenvalue weighted by Gasteiger charge is -2.12. The molecular formula is C14H11BrClNO3S. The van der Waals surface area contributed by atoms with Crippen molar-refractivity contribution in [2.24, 2.45) is 0 Å². The predicted molar refractivity (Wildman–Crippen MR) is 87.0 cm³/mol. The highest BCUT2D eigenvalue weighted by Crippen LogP contribution is 2.38. The fraction of sp³-hybridized carbons (Fsp3) is 0.214. The van der Waals surface area contributed by atoms with Gasteiger partial charge in [-0.15, -0.1) is 11.3 Å². The molecule has 1 aliphatic rings. The first-order valence-electron chi connectivity index (χ1n) is 6.28. The number of thiophene rings is 1. The predicted octanol–water partition coefficient (Wildman–Crippen LogP) is 4.58. The van der Waals surface area contributed by atoms with Gasteiger partial charge in [0.05, 0.1) is 33.3 Å². The van der Waals surface area contributed by atoms with E-state index in [1.165, 1.54) is 11.3 Å². The molecule has 3 rings (SSSR count). The molecule has 0 radical (unpaired) electrons. The molecule has 1 N–H and O–H groups in total. The number of amides is 1. The lowest BCUT2D eigenvalue weighted by atomic mass is 10.2. The van der Waals surface area contributed by atoms with Crippen LogP contribution >= 0.6 is 38.9 Å². The zero-order valence-corrected chi connectivity index (χ0v) is 14.0. The highest BCUT2D eigenvalue weighted by atomic mass is 79.9. The second kappa shape index (κ2) is 6.25. The summed E-state index contributed by atoms with van der Waals surface area (Å²) in [5.74, 6) is 0.987. The van der Waals surface area contributed by atoms with Crippen molar-refractivity contribution in [1.29, 1.82) is 0 Å². The number of hydrogen-bond acceptors (Lipinski definition) is 4. The van der Waals surface area contributed by atoms with Crippen molar-refractivity contribution < 1.29 is 14.3 Å². The fourth-order valence-electron chi connectivity index (χ4n) is 1.90. The van der Waals surface area contributed by atoms with E-state index in [0.717, 1.165) is 10.2 Å². The van der Waals surface area contributed by atoms with E-state index in [1.807, 2.05) is 0 Å². The number of carbonyl (C=O) groups excluding carboxylic acids is 1. The largest absolute Gasteiger partial charge is 0.490 e. The summed E-state index contributed by atoms with van der Waals surface area (Å²) in [5, 5.41) is 4.98. The number of halogens is 2. The van der Waals surface area contributed by atoms with E-state index in [2.05, 4.69) is 21.2 Å². The minimum absolute atomic E-state index is 0.214. The second-order valence-electron chi connectivity index (χ2n) is 4.42. The highest BCUT2D eigenvalue weighted by Gasteiger charge is 2.16. The van der Waals surface area contributed by atoms with Crippen molar-refractivity contribution in [2.45, 2.75) is 6.42 Å². The molecule has 7 heteroatoms. The molecule has 0 aliphatic carbocycles. The molecule has 1 aromatic heterocycles. The molecule has 1 aromatic carbocycles. The van der Waals surface area contributed by atoms with Crippen molar-refractivity contribution in [3.8, 4) is 11.5 Å². The van der Waals surface area contributed by atoms with Crippen LogP contribution in [0.15, 0.2) is 27.4 Å². The van der Waals surface area contributed by atoms with Crippen molar-refractivity contribution in [3.05, 3.63) is 38.0 Å². The molecule has 2 heterocycles. The maximum Gasteiger partial charge on any atom is 0.256 e. The summed E-state index contributed by atoms with van der Waals surface area (Å²) in [4.78, 5) is 12.2. The smallest absolute Gasteiger partial charge is 0.256 e. The molecular weight excluding hydrogens is 378 g/mol. The molecule has 0 saturated carbocycles. The quantitative estimate of drug-likeness (QED) is 0.819. The lowest BCUT2D eigenvalue weighted by molar-refractivity contribution is 0.102. The van der Waals surface area contributed by atoms with Gasteiger partial charge in [-0.1, -0.05) is 11.6 Å². The van der Waals surface area contributed by atoms with Crippen LogP contribution < -0.4 is 14.8 Å². The SMILES string of the molecule is O=C(Nc1cc2c(cc1Cl)OCCCO2)c1csc(Br)c1. The van der Waals surface area contributed by atoms with E-state index in [9.17, 15) is 4.79 Å². The topological polar surface area (TPSA) is 47.6 Å². The summed E-state index contributed by atoms with van der Waals surface area (Å²) >= 11 is 11.0. The van der Waals surface area contributed by atoms with E-state index >= 15 is 0 Å². The van der Waals surface area contributed by atoms with Gasteiger partial charge >= 0.3 is 0 Å². The van der Waals surface area contributed by atoms with Crippen LogP contribution in [0.1, 0.15) is 16.8 Å². The number of carbonyl (C=O) groups is 1. The summed E-state index contributed by atoms with van der Waals surface area (Å²) in [6.07, 6.45) is 0.816. The lowest BCUT2D eigenvalue weighted by Crippen LogP contribution is -2.11. The van der Waals surface area contributed by atoms with E-state index < -0.39 is 0 Å². The molecule has 110 valence electrons. The van der Waals surface area contributed by atoms with Crippen LogP contribution in [0.2, 0.25) is 5.02 Å². The van der Waals surface area contributed by atoms with Crippen LogP contribution in [-0.2, 0) is 0 Å². The first-order chi connectivity index (χ1) is 10.1. The van der Waals surface area contributed by atoms with E-state index in [1.54, 1.807) is 23.6 Å². The summed E-state index contributed by atoms with van der Waals surface area (Å²) < 4.78 is 12.0. The standard InChI is InChI=1S/C14H11BrClNO3S/c15-13-4-8(7-21-13)14(18)17-10-6-12-11(5-9(10)16)19-2-1-3-20-12/h4-7H,1-3H2,(H,17,18). The van der Waals surface area contributed by atoms with Gasteiger partial charge in [-0.3, -0.25) is 4.79 Å². The molecule has 1 aliphatic heterocycles. The minimum atomic E-state index is -0.214. The number of hydrogen-bond donors (Lipinski definition) is 1. The van der Waals surface area contributed by atoms with Crippen molar-refractivity contribution >= 4 is 50.5 Å². The van der Waals surface area contributed by atoms with Gasteiger partial charge in [0.2, 0.25) is 0 Å². The number of nitrogens with one attached hydrogen (secondary N) is 1. The normalized spacial score (nSPS) is 13.6. The zero-order chi connectivity index (χ0) is 14.8. The minimum Gasteiger partial charge on any atom is -0.490 e. The van der Waals surface area contributed by atoms with E-state index in [4.69, 9.17) is 21.1 Å². The van der Waals surface area contributed by atoms with Crippen molar-refractivity contribution in [3.63, 3.8) is 0 Å². The zero-order valence-electron chi connectivity index (χ0n) is 10.8. The summed E-state index contributed by atoms with van der Waals surface area (Å²) in [6.45, 7) is 1.18. The van der Waals surface area contributed by atoms with Crippen LogP contribution in [0.3, 0.4) is 0 Å². The summed E-state index contributed by atoms with van der Waals surface area (Å²) in [5.41, 5.74) is 1.09. The molecule has 1 amide bonds. The van der Waals surface area contributed by atoms with Gasteiger partial charge in [-0.25, -0.2) is 0 Å². The molecule has 0 bridgehead atoms. The Morgan fingerprint density at radius 3 is 2.62 bits per heavy atom. The third-order valence-electron chi connectivity index (χ3n) is 2.92. The van der Waals surface area contributed by atoms with Gasteiger partial charge in [0.25, 0.3) is 5.91 Å². The molecule has 0 spiro atoms. The van der Waals surface area contributed by atoms with Crippen LogP contribution in [0.4, 0.5) is 5.69 Å². The number of rotatable bonds is 2. The molecule has 21 heavy (non-hydrogen) atoms. The van der Waals surface area contributed by atoms with Crippen LogP contribution in [0, 0.1) is 0 Å². The van der Waals surface area contributed by atoms with Crippen LogP contribution in [0.25, 0.3) is 0 Å². The number of benzene rings is 1. The third-order valence-corrected chi connectivity index (χ3v) is 4.73. The molecule has 2 aromatic rings. The molecule has 0 atom stereocenters. The van der Waals surface area contributed by atoms with Gasteiger partial charge in [0.15, 0.2) is 11.5 Å². The van der Waals surface area contributed by atoms with Crippen molar-refractivity contribution in [2.75, 3.05) is 18.5 Å². The first kappa shape index (κ1) is 14.7. The Balaban J connectivity index is 1.85. The molecule has 0 unspecified atom stereocenters. The summed E-state index contributed by atoms with van der Waals surface area (Å²) in [7, 11) is 0. The number of fused-ring (bicyclic) bond motifs is 1. The third kappa shape index (κ3) is 3.33. The van der Waals surface area contributed by atoms with Gasteiger partial charge in [0, 0.05) is 23.9 Å². The Kier molecular flexibility index (Phi) is 4.37. The maximum absolute atomic E-state index is 12.2. The number of anilines is 1. The Hall–Kier alpha value is -1.24. The summed E-state index contributed by atoms with van der Waals surface area (Å²) in [6, 6.07) is 5.13. The van der Waals surface area contributed by atoms with Crippen LogP contribution in [-0.4, -0.2) is 19.1 Å². The first-order valence-corrected chi connectivity index (χ1v) is 8.33. The molecule has 4 nitrogen and oxygen atoms in total. The monoisotopic (exact) mass is 387 g/mol. The second-order valence-corrected chi connectivity index (χ2v) is 7.12. The maximum atomic E-state index is 12.2. The number of ether oxygens (including phenoxy) is 2. The van der Waals surface area contributed by atoms with E-state index in [0.29, 0.717) is 41.0 Å². The van der Waals surface area contributed by atoms with E-state index in [-0.39, 0.29) is 5.91 Å². The Bertz CT molecular complexity index is 689. The molecule has 0 saturated heterocycles. The average molecular weight is 389 g/mol. The Labute approximate surface area is 139 Å². The van der Waals surface area contributed by atoms with Gasteiger partial charge in [-0.2, -0.15) is 0 Å². The van der Waals surface area contributed by atoms with Crippen molar-refractivity contribution in [1.82, 2.24) is 0 Å². The van der Waals surface area contributed by atoms with Gasteiger partial charge in [-0.05, 0) is 22.0 Å². The van der Waals surface area contributed by atoms with Gasteiger partial charge < -0.3 is 14.8 Å². The molecule has 0 fully saturated rings.